The summed E-state index contributed by atoms with van der Waals surface area (Å²) < 4.78 is 11.4. The van der Waals surface area contributed by atoms with Crippen LogP contribution < -0.4 is 0 Å². The van der Waals surface area contributed by atoms with Gasteiger partial charge >= 0.3 is 5.97 Å². The minimum atomic E-state index is -1.88. The van der Waals surface area contributed by atoms with Crippen molar-refractivity contribution in [2.45, 2.75) is 77.1 Å². The molecule has 1 aliphatic rings. The summed E-state index contributed by atoms with van der Waals surface area (Å²) >= 11 is 1.84. The van der Waals surface area contributed by atoms with Gasteiger partial charge in [0.25, 0.3) is 0 Å². The fourth-order valence-corrected chi connectivity index (χ4v) is 12.7. The molecule has 0 amide bonds. The molecule has 0 saturated carbocycles. The summed E-state index contributed by atoms with van der Waals surface area (Å²) in [7, 11) is -1.88. The summed E-state index contributed by atoms with van der Waals surface area (Å²) in [6.45, 7) is 16.4. The lowest BCUT2D eigenvalue weighted by molar-refractivity contribution is -0.151. The predicted octanol–water partition coefficient (Wildman–Crippen LogP) is 4.51. The van der Waals surface area contributed by atoms with Crippen LogP contribution in [-0.2, 0) is 14.3 Å². The number of esters is 1. The summed E-state index contributed by atoms with van der Waals surface area (Å²) in [5.41, 5.74) is -0.0715. The van der Waals surface area contributed by atoms with Gasteiger partial charge in [0, 0.05) is 5.75 Å². The van der Waals surface area contributed by atoms with E-state index >= 15 is 0 Å². The van der Waals surface area contributed by atoms with Crippen molar-refractivity contribution in [3.63, 3.8) is 0 Å². The lowest BCUT2D eigenvalue weighted by Crippen LogP contribution is -2.71. The molecule has 22 heavy (non-hydrogen) atoms. The Morgan fingerprint density at radius 2 is 1.77 bits per heavy atom. The van der Waals surface area contributed by atoms with Crippen LogP contribution in [0.25, 0.3) is 0 Å². The molecule has 5 heteroatoms. The molecule has 1 fully saturated rings. The largest absolute Gasteiger partial charge is 0.465 e. The highest BCUT2D eigenvalue weighted by Crippen LogP contribution is 2.52. The number of ether oxygens (including phenoxy) is 2. The smallest absolute Gasteiger partial charge is 0.321 e. The average molecular weight is 347 g/mol. The number of thioether (sulfide) groups is 1. The van der Waals surface area contributed by atoms with Crippen molar-refractivity contribution < 1.29 is 14.3 Å². The third-order valence-electron chi connectivity index (χ3n) is 5.25. The van der Waals surface area contributed by atoms with Crippen LogP contribution in [-0.4, -0.2) is 43.5 Å². The van der Waals surface area contributed by atoms with E-state index in [-0.39, 0.29) is 17.5 Å². The average Bonchev–Trinajstić information content (AvgIpc) is 2.49. The van der Waals surface area contributed by atoms with Crippen molar-refractivity contribution in [2.24, 2.45) is 5.41 Å². The van der Waals surface area contributed by atoms with Crippen molar-refractivity contribution >= 4 is 25.8 Å². The van der Waals surface area contributed by atoms with Gasteiger partial charge in [-0.15, -0.1) is 11.8 Å². The molecule has 2 atom stereocenters. The summed E-state index contributed by atoms with van der Waals surface area (Å²) in [4.78, 5) is 13.2. The first-order valence-corrected chi connectivity index (χ1v) is 12.3. The standard InChI is InChI=1S/C17H34O3SSi/c1-8-19-15(18)17(22(9-2,10-3)11-4)14(16(5,6)7)20-12-13-21-17/h14H,8-13H2,1-7H3/t14-,17-/m0/s1. The van der Waals surface area contributed by atoms with Crippen molar-refractivity contribution in [3.8, 4) is 0 Å². The van der Waals surface area contributed by atoms with Gasteiger partial charge in [0.2, 0.25) is 0 Å². The zero-order chi connectivity index (χ0) is 17.0. The maximum Gasteiger partial charge on any atom is 0.321 e. The molecule has 1 heterocycles. The van der Waals surface area contributed by atoms with Gasteiger partial charge in [-0.1, -0.05) is 59.7 Å². The molecule has 3 nitrogen and oxygen atoms in total. The highest BCUT2D eigenvalue weighted by Gasteiger charge is 2.64. The molecule has 0 aromatic heterocycles. The first-order valence-electron chi connectivity index (χ1n) is 8.68. The molecule has 0 bridgehead atoms. The van der Waals surface area contributed by atoms with Crippen LogP contribution in [0.15, 0.2) is 0 Å². The number of hydrogen-bond donors (Lipinski definition) is 0. The first-order chi connectivity index (χ1) is 10.3. The minimum Gasteiger partial charge on any atom is -0.465 e. The van der Waals surface area contributed by atoms with E-state index in [1.807, 2.05) is 18.7 Å². The van der Waals surface area contributed by atoms with E-state index in [2.05, 4.69) is 41.5 Å². The first kappa shape index (κ1) is 20.0. The quantitative estimate of drug-likeness (QED) is 0.523. The Morgan fingerprint density at radius 3 is 2.18 bits per heavy atom. The zero-order valence-corrected chi connectivity index (χ0v) is 17.3. The van der Waals surface area contributed by atoms with Crippen LogP contribution in [0, 0.1) is 5.41 Å². The second kappa shape index (κ2) is 7.71. The Kier molecular flexibility index (Phi) is 7.03. The van der Waals surface area contributed by atoms with Crippen LogP contribution >= 0.6 is 11.8 Å². The zero-order valence-electron chi connectivity index (χ0n) is 15.5. The second-order valence-corrected chi connectivity index (χ2v) is 14.4. The van der Waals surface area contributed by atoms with Gasteiger partial charge in [0.15, 0.2) is 0 Å². The fourth-order valence-electron chi connectivity index (χ4n) is 4.01. The maximum absolute atomic E-state index is 13.2. The van der Waals surface area contributed by atoms with Crippen LogP contribution in [0.1, 0.15) is 48.5 Å². The Balaban J connectivity index is 3.52. The van der Waals surface area contributed by atoms with Gasteiger partial charge in [-0.3, -0.25) is 4.79 Å². The van der Waals surface area contributed by atoms with Gasteiger partial charge in [-0.05, 0) is 12.3 Å². The van der Waals surface area contributed by atoms with Crippen LogP contribution in [0.5, 0.6) is 0 Å². The highest BCUT2D eigenvalue weighted by atomic mass is 32.2. The number of carbonyl (C=O) groups is 1. The topological polar surface area (TPSA) is 35.5 Å². The summed E-state index contributed by atoms with van der Waals surface area (Å²) in [6, 6.07) is 3.30. The molecule has 1 saturated heterocycles. The SMILES string of the molecule is CCOC(=O)[C@]1([Si](CC)(CC)CC)SCCO[C@H]1C(C)(C)C. The lowest BCUT2D eigenvalue weighted by Gasteiger charge is -2.55. The van der Waals surface area contributed by atoms with Crippen molar-refractivity contribution in [2.75, 3.05) is 19.0 Å². The third kappa shape index (κ3) is 3.27. The molecule has 0 spiro atoms. The van der Waals surface area contributed by atoms with Crippen LogP contribution in [0.3, 0.4) is 0 Å². The number of rotatable bonds is 6. The summed E-state index contributed by atoms with van der Waals surface area (Å²) in [6.07, 6.45) is -0.0654. The maximum atomic E-state index is 13.2. The van der Waals surface area contributed by atoms with Crippen molar-refractivity contribution in [3.05, 3.63) is 0 Å². The Labute approximate surface area is 141 Å². The molecule has 0 aromatic rings. The van der Waals surface area contributed by atoms with Gasteiger partial charge < -0.3 is 9.47 Å². The Morgan fingerprint density at radius 1 is 1.23 bits per heavy atom. The van der Waals surface area contributed by atoms with Gasteiger partial charge in [-0.25, -0.2) is 0 Å². The van der Waals surface area contributed by atoms with E-state index in [1.54, 1.807) is 0 Å². The van der Waals surface area contributed by atoms with E-state index in [0.29, 0.717) is 6.61 Å². The predicted molar refractivity (Wildman–Crippen MR) is 98.2 cm³/mol. The Hall–Kier alpha value is -0.00312. The van der Waals surface area contributed by atoms with E-state index < -0.39 is 12.4 Å². The molecule has 1 aliphatic heterocycles. The molecule has 0 unspecified atom stereocenters. The van der Waals surface area contributed by atoms with E-state index in [0.717, 1.165) is 30.5 Å². The fraction of sp³-hybridized carbons (Fsp3) is 0.941. The monoisotopic (exact) mass is 346 g/mol. The second-order valence-electron chi connectivity index (χ2n) is 7.26. The molecule has 1 rings (SSSR count). The Bertz CT molecular complexity index is 368. The number of hydrogen-bond acceptors (Lipinski definition) is 4. The normalized spacial score (nSPS) is 26.8. The molecule has 0 radical (unpaired) electrons. The van der Waals surface area contributed by atoms with Gasteiger partial charge in [-0.2, -0.15) is 0 Å². The third-order valence-corrected chi connectivity index (χ3v) is 14.3. The molecule has 0 aromatic carbocycles. The van der Waals surface area contributed by atoms with Gasteiger partial charge in [0.05, 0.1) is 27.4 Å². The lowest BCUT2D eigenvalue weighted by atomic mass is 9.86. The summed E-state index contributed by atoms with van der Waals surface area (Å²) in [5.74, 6) is 0.872. The highest BCUT2D eigenvalue weighted by molar-refractivity contribution is 8.03. The van der Waals surface area contributed by atoms with E-state index in [9.17, 15) is 4.79 Å². The van der Waals surface area contributed by atoms with Crippen LogP contribution in [0.2, 0.25) is 18.1 Å². The van der Waals surface area contributed by atoms with Crippen LogP contribution in [0.4, 0.5) is 0 Å². The van der Waals surface area contributed by atoms with Crippen molar-refractivity contribution in [1.82, 2.24) is 0 Å². The molecular weight excluding hydrogens is 312 g/mol. The van der Waals surface area contributed by atoms with E-state index in [4.69, 9.17) is 9.47 Å². The summed E-state index contributed by atoms with van der Waals surface area (Å²) in [5, 5.41) is 0. The van der Waals surface area contributed by atoms with Gasteiger partial charge in [0.1, 0.15) is 4.37 Å². The number of carbonyl (C=O) groups excluding carboxylic acids is 1. The molecule has 0 N–H and O–H groups in total. The van der Waals surface area contributed by atoms with Crippen molar-refractivity contribution in [1.29, 1.82) is 0 Å². The minimum absolute atomic E-state index is 0.0168. The molecule has 0 aliphatic carbocycles. The van der Waals surface area contributed by atoms with E-state index in [1.165, 1.54) is 0 Å². The molecule has 130 valence electrons. The molecular formula is C17H34O3SSi.